The van der Waals surface area contributed by atoms with Crippen molar-refractivity contribution in [1.29, 1.82) is 0 Å². The first kappa shape index (κ1) is 21.4. The highest BCUT2D eigenvalue weighted by Crippen LogP contribution is 2.32. The zero-order chi connectivity index (χ0) is 23.7. The van der Waals surface area contributed by atoms with Crippen molar-refractivity contribution in [2.45, 2.75) is 12.5 Å². The Hall–Kier alpha value is -4.46. The Balaban J connectivity index is 1.36. The molecule has 0 fully saturated rings. The predicted octanol–water partition coefficient (Wildman–Crippen LogP) is 3.05. The van der Waals surface area contributed by atoms with Crippen LogP contribution in [0.3, 0.4) is 0 Å². The summed E-state index contributed by atoms with van der Waals surface area (Å²) in [7, 11) is 0. The van der Waals surface area contributed by atoms with Crippen molar-refractivity contribution >= 4 is 23.6 Å². The molecule has 2 amide bonds. The Morgan fingerprint density at radius 1 is 0.853 bits per heavy atom. The number of benzene rings is 3. The van der Waals surface area contributed by atoms with E-state index in [9.17, 15) is 19.2 Å². The lowest BCUT2D eigenvalue weighted by atomic mass is 10.0. The summed E-state index contributed by atoms with van der Waals surface area (Å²) in [5.74, 6) is -1.46. The Bertz CT molecular complexity index is 1270. The second-order valence-electron chi connectivity index (χ2n) is 7.83. The van der Waals surface area contributed by atoms with Crippen LogP contribution in [0.1, 0.15) is 36.6 Å². The van der Waals surface area contributed by atoms with Crippen LogP contribution in [0, 0.1) is 0 Å². The van der Waals surface area contributed by atoms with Crippen LogP contribution in [0.2, 0.25) is 0 Å². The third-order valence-corrected chi connectivity index (χ3v) is 5.72. The summed E-state index contributed by atoms with van der Waals surface area (Å²) in [6.07, 6.45) is 0.0589. The topological polar surface area (TPSA) is 99.2 Å². The third-order valence-electron chi connectivity index (χ3n) is 5.72. The van der Waals surface area contributed by atoms with Gasteiger partial charge in [0.05, 0.1) is 11.1 Å². The molecule has 0 saturated heterocycles. The molecule has 34 heavy (non-hydrogen) atoms. The standard InChI is InChI=1S/C26H19NO7/c28-21(17-10-11-22-23(13-17)34-15-33-22)14-32-26(31)20(12-16-6-2-1-3-7-16)27-24(29)18-8-4-5-9-19(18)25(27)30/h1-11,13,20H,12,14-15H2/t20-/m0/s1. The maximum atomic E-state index is 13.1. The molecule has 0 bridgehead atoms. The zero-order valence-corrected chi connectivity index (χ0v) is 17.9. The van der Waals surface area contributed by atoms with Gasteiger partial charge in [-0.25, -0.2) is 4.79 Å². The van der Waals surface area contributed by atoms with E-state index in [-0.39, 0.29) is 29.9 Å². The third kappa shape index (κ3) is 3.90. The average molecular weight is 457 g/mol. The summed E-state index contributed by atoms with van der Waals surface area (Å²) in [5, 5.41) is 0. The SMILES string of the molecule is O=C(COC(=O)[C@H](Cc1ccccc1)N1C(=O)c2ccccc2C1=O)c1ccc2c(c1)OCO2. The monoisotopic (exact) mass is 457 g/mol. The number of carbonyl (C=O) groups excluding carboxylic acids is 4. The molecule has 3 aromatic rings. The van der Waals surface area contributed by atoms with Crippen LogP contribution >= 0.6 is 0 Å². The van der Waals surface area contributed by atoms with Gasteiger partial charge in [0.25, 0.3) is 11.8 Å². The lowest BCUT2D eigenvalue weighted by Gasteiger charge is -2.24. The molecule has 1 atom stereocenters. The van der Waals surface area contributed by atoms with E-state index in [1.54, 1.807) is 60.7 Å². The Labute approximate surface area is 194 Å². The van der Waals surface area contributed by atoms with Crippen LogP contribution < -0.4 is 9.47 Å². The first-order valence-electron chi connectivity index (χ1n) is 10.6. The second kappa shape index (κ2) is 8.82. The molecule has 5 rings (SSSR count). The van der Waals surface area contributed by atoms with Gasteiger partial charge in [-0.1, -0.05) is 42.5 Å². The fraction of sp³-hybridized carbons (Fsp3) is 0.154. The largest absolute Gasteiger partial charge is 0.456 e. The molecule has 0 unspecified atom stereocenters. The van der Waals surface area contributed by atoms with Gasteiger partial charge in [0, 0.05) is 12.0 Å². The maximum absolute atomic E-state index is 13.1. The molecule has 3 aromatic carbocycles. The van der Waals surface area contributed by atoms with E-state index in [1.165, 1.54) is 6.07 Å². The number of nitrogens with zero attached hydrogens (tertiary/aromatic N) is 1. The molecule has 0 spiro atoms. The number of ether oxygens (including phenoxy) is 3. The highest BCUT2D eigenvalue weighted by Gasteiger charge is 2.43. The number of hydrogen-bond acceptors (Lipinski definition) is 7. The maximum Gasteiger partial charge on any atom is 0.330 e. The zero-order valence-electron chi connectivity index (χ0n) is 17.9. The van der Waals surface area contributed by atoms with Gasteiger partial charge in [-0.3, -0.25) is 19.3 Å². The van der Waals surface area contributed by atoms with Crippen LogP contribution in [0.25, 0.3) is 0 Å². The first-order valence-corrected chi connectivity index (χ1v) is 10.6. The Morgan fingerprint density at radius 2 is 1.50 bits per heavy atom. The molecular formula is C26H19NO7. The number of ketones is 1. The number of esters is 1. The van der Waals surface area contributed by atoms with Gasteiger partial charge in [-0.05, 0) is 35.9 Å². The van der Waals surface area contributed by atoms with Gasteiger partial charge in [0.1, 0.15) is 6.04 Å². The number of Topliss-reactive ketones (excluding diaryl/α,β-unsaturated/α-hetero) is 1. The normalized spacial score (nSPS) is 14.6. The molecule has 8 nitrogen and oxygen atoms in total. The van der Waals surface area contributed by atoms with Gasteiger partial charge in [-0.15, -0.1) is 0 Å². The van der Waals surface area contributed by atoms with Crippen molar-refractivity contribution < 1.29 is 33.4 Å². The Kier molecular flexibility index (Phi) is 5.55. The van der Waals surface area contributed by atoms with Crippen molar-refractivity contribution in [3.05, 3.63) is 95.1 Å². The number of amides is 2. The van der Waals surface area contributed by atoms with Crippen LogP contribution in [0.15, 0.2) is 72.8 Å². The molecule has 0 aromatic heterocycles. The van der Waals surface area contributed by atoms with Crippen molar-refractivity contribution in [2.75, 3.05) is 13.4 Å². The molecule has 170 valence electrons. The summed E-state index contributed by atoms with van der Waals surface area (Å²) >= 11 is 0. The van der Waals surface area contributed by atoms with E-state index in [2.05, 4.69) is 0 Å². The minimum Gasteiger partial charge on any atom is -0.456 e. The second-order valence-corrected chi connectivity index (χ2v) is 7.83. The number of rotatable bonds is 7. The number of imide groups is 1. The summed E-state index contributed by atoms with van der Waals surface area (Å²) in [6, 6.07) is 18.8. The van der Waals surface area contributed by atoms with Crippen LogP contribution in [0.5, 0.6) is 11.5 Å². The predicted molar refractivity (Wildman–Crippen MR) is 119 cm³/mol. The summed E-state index contributed by atoms with van der Waals surface area (Å²) in [6.45, 7) is -0.476. The molecule has 0 radical (unpaired) electrons. The molecule has 0 saturated carbocycles. The lowest BCUT2D eigenvalue weighted by molar-refractivity contribution is -0.147. The van der Waals surface area contributed by atoms with Gasteiger partial charge in [-0.2, -0.15) is 0 Å². The van der Waals surface area contributed by atoms with Crippen molar-refractivity contribution in [1.82, 2.24) is 4.90 Å². The van der Waals surface area contributed by atoms with E-state index < -0.39 is 36.2 Å². The number of carbonyl (C=O) groups is 4. The number of fused-ring (bicyclic) bond motifs is 2. The van der Waals surface area contributed by atoms with E-state index in [1.807, 2.05) is 6.07 Å². The lowest BCUT2D eigenvalue weighted by Crippen LogP contribution is -2.47. The highest BCUT2D eigenvalue weighted by atomic mass is 16.7. The van der Waals surface area contributed by atoms with E-state index in [0.717, 1.165) is 10.5 Å². The van der Waals surface area contributed by atoms with Crippen molar-refractivity contribution in [3.8, 4) is 11.5 Å². The Morgan fingerprint density at radius 3 is 2.21 bits per heavy atom. The molecule has 2 aliphatic rings. The quantitative estimate of drug-likeness (QED) is 0.305. The van der Waals surface area contributed by atoms with E-state index >= 15 is 0 Å². The van der Waals surface area contributed by atoms with E-state index in [4.69, 9.17) is 14.2 Å². The first-order chi connectivity index (χ1) is 16.5. The van der Waals surface area contributed by atoms with Crippen molar-refractivity contribution in [2.24, 2.45) is 0 Å². The number of hydrogen-bond donors (Lipinski definition) is 0. The van der Waals surface area contributed by atoms with Crippen LogP contribution in [-0.2, 0) is 16.0 Å². The fourth-order valence-electron chi connectivity index (χ4n) is 3.99. The molecular weight excluding hydrogens is 438 g/mol. The highest BCUT2D eigenvalue weighted by molar-refractivity contribution is 6.22. The minimum absolute atomic E-state index is 0.0589. The smallest absolute Gasteiger partial charge is 0.330 e. The molecule has 0 aliphatic carbocycles. The summed E-state index contributed by atoms with van der Waals surface area (Å²) < 4.78 is 15.8. The molecule has 2 heterocycles. The van der Waals surface area contributed by atoms with Crippen LogP contribution in [0.4, 0.5) is 0 Å². The van der Waals surface area contributed by atoms with Crippen LogP contribution in [-0.4, -0.2) is 47.9 Å². The van der Waals surface area contributed by atoms with Crippen molar-refractivity contribution in [3.63, 3.8) is 0 Å². The average Bonchev–Trinajstić information content (AvgIpc) is 3.44. The molecule has 2 aliphatic heterocycles. The van der Waals surface area contributed by atoms with Gasteiger partial charge < -0.3 is 14.2 Å². The summed E-state index contributed by atoms with van der Waals surface area (Å²) in [4.78, 5) is 52.7. The minimum atomic E-state index is -1.22. The fourth-order valence-corrected chi connectivity index (χ4v) is 3.99. The summed E-state index contributed by atoms with van der Waals surface area (Å²) in [5.41, 5.74) is 1.49. The van der Waals surface area contributed by atoms with Gasteiger partial charge in [0.2, 0.25) is 6.79 Å². The molecule has 8 heteroatoms. The van der Waals surface area contributed by atoms with Gasteiger partial charge >= 0.3 is 5.97 Å². The van der Waals surface area contributed by atoms with E-state index in [0.29, 0.717) is 11.5 Å². The van der Waals surface area contributed by atoms with Gasteiger partial charge in [0.15, 0.2) is 23.9 Å². The molecule has 0 N–H and O–H groups in total.